The Kier molecular flexibility index (Phi) is 2.65. The Bertz CT molecular complexity index is 313. The van der Waals surface area contributed by atoms with Gasteiger partial charge >= 0.3 is 0 Å². The highest BCUT2D eigenvalue weighted by Crippen LogP contribution is 2.19. The maximum atomic E-state index is 13.0. The summed E-state index contributed by atoms with van der Waals surface area (Å²) in [7, 11) is 4.81. The summed E-state index contributed by atoms with van der Waals surface area (Å²) in [6.45, 7) is 0. The molecular weight excluding hydrogens is 176 g/mol. The van der Waals surface area contributed by atoms with Crippen LogP contribution in [0.25, 0.3) is 0 Å². The summed E-state index contributed by atoms with van der Waals surface area (Å²) >= 11 is 0. The maximum absolute atomic E-state index is 13.0. The Morgan fingerprint density at radius 2 is 1.92 bits per heavy atom. The highest BCUT2D eigenvalue weighted by Gasteiger charge is 2.11. The first-order valence-corrected chi connectivity index (χ1v) is 3.77. The minimum atomic E-state index is -0.689. The van der Waals surface area contributed by atoms with Gasteiger partial charge in [-0.1, -0.05) is 0 Å². The number of anilines is 2. The molecule has 0 aliphatic heterocycles. The molecule has 0 fully saturated rings. The quantitative estimate of drug-likeness (QED) is 0.759. The summed E-state index contributed by atoms with van der Waals surface area (Å²) in [5.74, 6) is -1.19. The van der Waals surface area contributed by atoms with Crippen LogP contribution < -0.4 is 10.2 Å². The van der Waals surface area contributed by atoms with Crippen LogP contribution in [0, 0.1) is 11.6 Å². The molecule has 5 heteroatoms. The fourth-order valence-electron chi connectivity index (χ4n) is 0.946. The van der Waals surface area contributed by atoms with Gasteiger partial charge in [-0.3, -0.25) is 0 Å². The van der Waals surface area contributed by atoms with Crippen LogP contribution in [0.4, 0.5) is 20.4 Å². The van der Waals surface area contributed by atoms with Crippen LogP contribution in [-0.4, -0.2) is 26.1 Å². The minimum Gasteiger partial charge on any atom is -0.371 e. The highest BCUT2D eigenvalue weighted by molar-refractivity contribution is 5.47. The summed E-state index contributed by atoms with van der Waals surface area (Å²) < 4.78 is 26.0. The zero-order valence-electron chi connectivity index (χ0n) is 7.73. The zero-order valence-corrected chi connectivity index (χ0v) is 7.73. The van der Waals surface area contributed by atoms with Gasteiger partial charge in [-0.05, 0) is 0 Å². The van der Waals surface area contributed by atoms with E-state index in [1.807, 2.05) is 0 Å². The second kappa shape index (κ2) is 3.55. The normalized spacial score (nSPS) is 9.92. The molecule has 1 heterocycles. The van der Waals surface area contributed by atoms with Gasteiger partial charge in [-0.25, -0.2) is 13.8 Å². The number of pyridine rings is 1. The van der Waals surface area contributed by atoms with Crippen molar-refractivity contribution in [1.82, 2.24) is 4.98 Å². The molecule has 0 aliphatic carbocycles. The molecule has 1 N–H and O–H groups in total. The summed E-state index contributed by atoms with van der Waals surface area (Å²) in [5.41, 5.74) is 0. The molecule has 1 rings (SSSR count). The number of nitrogens with zero attached hydrogens (tertiary/aromatic N) is 2. The van der Waals surface area contributed by atoms with Crippen molar-refractivity contribution in [2.24, 2.45) is 0 Å². The lowest BCUT2D eigenvalue weighted by atomic mass is 10.4. The SMILES string of the molecule is CNc1nc(N(C)C)c(F)cc1F. The molecule has 13 heavy (non-hydrogen) atoms. The third-order valence-electron chi connectivity index (χ3n) is 1.57. The van der Waals surface area contributed by atoms with Gasteiger partial charge < -0.3 is 10.2 Å². The van der Waals surface area contributed by atoms with E-state index in [2.05, 4.69) is 10.3 Å². The fraction of sp³-hybridized carbons (Fsp3) is 0.375. The number of rotatable bonds is 2. The summed E-state index contributed by atoms with van der Waals surface area (Å²) in [6, 6.07) is 0.814. The molecule has 0 spiro atoms. The molecule has 1 aromatic heterocycles. The zero-order chi connectivity index (χ0) is 10.0. The molecule has 72 valence electrons. The molecule has 0 unspecified atom stereocenters. The first kappa shape index (κ1) is 9.70. The van der Waals surface area contributed by atoms with Crippen LogP contribution in [0.2, 0.25) is 0 Å². The smallest absolute Gasteiger partial charge is 0.168 e. The number of halogens is 2. The van der Waals surface area contributed by atoms with Crippen molar-refractivity contribution in [2.75, 3.05) is 31.4 Å². The molecule has 0 aliphatic rings. The monoisotopic (exact) mass is 187 g/mol. The molecule has 0 saturated heterocycles. The van der Waals surface area contributed by atoms with Gasteiger partial charge in [0.15, 0.2) is 23.3 Å². The van der Waals surface area contributed by atoms with Crippen LogP contribution in [0.15, 0.2) is 6.07 Å². The van der Waals surface area contributed by atoms with E-state index < -0.39 is 11.6 Å². The Balaban J connectivity index is 3.22. The summed E-state index contributed by atoms with van der Waals surface area (Å²) in [4.78, 5) is 5.24. The topological polar surface area (TPSA) is 28.2 Å². The number of nitrogens with one attached hydrogen (secondary N) is 1. The number of hydrogen-bond donors (Lipinski definition) is 1. The Morgan fingerprint density at radius 3 is 2.38 bits per heavy atom. The Labute approximate surface area is 75.4 Å². The molecule has 0 atom stereocenters. The van der Waals surface area contributed by atoms with E-state index in [0.29, 0.717) is 0 Å². The van der Waals surface area contributed by atoms with E-state index in [-0.39, 0.29) is 11.6 Å². The van der Waals surface area contributed by atoms with Crippen molar-refractivity contribution in [3.63, 3.8) is 0 Å². The van der Waals surface area contributed by atoms with Crippen molar-refractivity contribution in [3.05, 3.63) is 17.7 Å². The largest absolute Gasteiger partial charge is 0.371 e. The van der Waals surface area contributed by atoms with Crippen LogP contribution in [-0.2, 0) is 0 Å². The highest BCUT2D eigenvalue weighted by atomic mass is 19.1. The minimum absolute atomic E-state index is 0.0464. The molecule has 0 aromatic carbocycles. The predicted molar refractivity (Wildman–Crippen MR) is 48.0 cm³/mol. The molecule has 0 bridgehead atoms. The van der Waals surface area contributed by atoms with Crippen molar-refractivity contribution in [1.29, 1.82) is 0 Å². The molecule has 0 radical (unpaired) electrons. The third kappa shape index (κ3) is 1.85. The average molecular weight is 187 g/mol. The lowest BCUT2D eigenvalue weighted by Gasteiger charge is -2.13. The second-order valence-electron chi connectivity index (χ2n) is 2.77. The van der Waals surface area contributed by atoms with Gasteiger partial charge in [0, 0.05) is 27.2 Å². The summed E-state index contributed by atoms with van der Waals surface area (Å²) in [5, 5.41) is 2.54. The van der Waals surface area contributed by atoms with Crippen molar-refractivity contribution >= 4 is 11.6 Å². The second-order valence-corrected chi connectivity index (χ2v) is 2.77. The van der Waals surface area contributed by atoms with E-state index >= 15 is 0 Å². The lowest BCUT2D eigenvalue weighted by molar-refractivity contribution is 0.575. The molecular formula is C8H11F2N3. The molecule has 0 amide bonds. The first-order valence-electron chi connectivity index (χ1n) is 3.77. The van der Waals surface area contributed by atoms with Crippen LogP contribution in [0.3, 0.4) is 0 Å². The van der Waals surface area contributed by atoms with E-state index in [9.17, 15) is 8.78 Å². The van der Waals surface area contributed by atoms with Gasteiger partial charge in [0.1, 0.15) is 0 Å². The number of hydrogen-bond acceptors (Lipinski definition) is 3. The van der Waals surface area contributed by atoms with Gasteiger partial charge in [0.25, 0.3) is 0 Å². The molecule has 0 saturated carbocycles. The van der Waals surface area contributed by atoms with Crippen molar-refractivity contribution < 1.29 is 8.78 Å². The van der Waals surface area contributed by atoms with E-state index in [1.54, 1.807) is 14.1 Å². The predicted octanol–water partition coefficient (Wildman–Crippen LogP) is 1.47. The molecule has 1 aromatic rings. The standard InChI is InChI=1S/C8H11F2N3/c1-11-7-5(9)4-6(10)8(12-7)13(2)3/h4H,1-3H3,(H,11,12). The van der Waals surface area contributed by atoms with Crippen LogP contribution in [0.5, 0.6) is 0 Å². The van der Waals surface area contributed by atoms with Crippen molar-refractivity contribution in [2.45, 2.75) is 0 Å². The van der Waals surface area contributed by atoms with Gasteiger partial charge in [-0.15, -0.1) is 0 Å². The third-order valence-corrected chi connectivity index (χ3v) is 1.57. The Morgan fingerprint density at radius 1 is 1.31 bits per heavy atom. The van der Waals surface area contributed by atoms with Gasteiger partial charge in [-0.2, -0.15) is 0 Å². The van der Waals surface area contributed by atoms with E-state index in [1.165, 1.54) is 11.9 Å². The van der Waals surface area contributed by atoms with E-state index in [4.69, 9.17) is 0 Å². The Hall–Kier alpha value is -1.39. The number of aromatic nitrogens is 1. The van der Waals surface area contributed by atoms with Crippen molar-refractivity contribution in [3.8, 4) is 0 Å². The average Bonchev–Trinajstić information content (AvgIpc) is 2.03. The van der Waals surface area contributed by atoms with Gasteiger partial charge in [0.2, 0.25) is 0 Å². The lowest BCUT2D eigenvalue weighted by Crippen LogP contribution is -2.14. The first-order chi connectivity index (χ1) is 6.06. The fourth-order valence-corrected chi connectivity index (χ4v) is 0.946. The van der Waals surface area contributed by atoms with Crippen LogP contribution >= 0.6 is 0 Å². The maximum Gasteiger partial charge on any atom is 0.168 e. The summed E-state index contributed by atoms with van der Waals surface area (Å²) in [6.07, 6.45) is 0. The molecule has 3 nitrogen and oxygen atoms in total. The van der Waals surface area contributed by atoms with Gasteiger partial charge in [0.05, 0.1) is 0 Å². The van der Waals surface area contributed by atoms with E-state index in [0.717, 1.165) is 6.07 Å². The van der Waals surface area contributed by atoms with Crippen LogP contribution in [0.1, 0.15) is 0 Å².